The van der Waals surface area contributed by atoms with E-state index in [9.17, 15) is 9.90 Å². The second kappa shape index (κ2) is 10.6. The number of piperidine rings is 1. The summed E-state index contributed by atoms with van der Waals surface area (Å²) in [6.45, 7) is 1.94. The number of carbonyl (C=O) groups is 1. The molecular weight excluding hydrogens is 448 g/mol. The van der Waals surface area contributed by atoms with Gasteiger partial charge in [0, 0.05) is 24.3 Å². The van der Waals surface area contributed by atoms with Gasteiger partial charge in [0.25, 0.3) is 5.91 Å². The number of nitrogens with zero attached hydrogens (tertiary/aromatic N) is 1. The standard InChI is InChI=1S/C31H30N2O3/c1-36-30-16-13-27(33-19-17-25(18-20-33)22-5-3-2-4-6-22)21-29(30)32-31(35)26-9-7-23(8-10-26)24-11-14-28(34)15-12-24/h2-16,21,25,34H,17-20H2,1H3,(H,32,35). The van der Waals surface area contributed by atoms with Crippen molar-refractivity contribution >= 4 is 17.3 Å². The van der Waals surface area contributed by atoms with Gasteiger partial charge in [0.05, 0.1) is 12.8 Å². The highest BCUT2D eigenvalue weighted by molar-refractivity contribution is 6.05. The van der Waals surface area contributed by atoms with E-state index in [1.807, 2.05) is 48.5 Å². The van der Waals surface area contributed by atoms with E-state index in [2.05, 4.69) is 46.6 Å². The third-order valence-corrected chi connectivity index (χ3v) is 6.91. The Hall–Kier alpha value is -4.25. The minimum absolute atomic E-state index is 0.189. The first-order valence-electron chi connectivity index (χ1n) is 12.3. The number of methoxy groups -OCH3 is 1. The molecule has 1 aliphatic heterocycles. The van der Waals surface area contributed by atoms with Crippen LogP contribution in [0.2, 0.25) is 0 Å². The fourth-order valence-corrected chi connectivity index (χ4v) is 4.85. The van der Waals surface area contributed by atoms with Gasteiger partial charge in [-0.2, -0.15) is 0 Å². The lowest BCUT2D eigenvalue weighted by atomic mass is 9.89. The van der Waals surface area contributed by atoms with Gasteiger partial charge in [-0.05, 0) is 77.9 Å². The van der Waals surface area contributed by atoms with Crippen LogP contribution in [0, 0.1) is 0 Å². The van der Waals surface area contributed by atoms with E-state index < -0.39 is 0 Å². The van der Waals surface area contributed by atoms with Crippen LogP contribution in [0.3, 0.4) is 0 Å². The zero-order valence-corrected chi connectivity index (χ0v) is 20.4. The van der Waals surface area contributed by atoms with Gasteiger partial charge in [-0.1, -0.05) is 54.6 Å². The van der Waals surface area contributed by atoms with E-state index in [1.165, 1.54) is 5.56 Å². The number of amides is 1. The number of nitrogens with one attached hydrogen (secondary N) is 1. The van der Waals surface area contributed by atoms with E-state index in [1.54, 1.807) is 19.2 Å². The van der Waals surface area contributed by atoms with Gasteiger partial charge < -0.3 is 20.1 Å². The number of hydrogen-bond acceptors (Lipinski definition) is 4. The highest BCUT2D eigenvalue weighted by atomic mass is 16.5. The summed E-state index contributed by atoms with van der Waals surface area (Å²) < 4.78 is 5.53. The lowest BCUT2D eigenvalue weighted by Crippen LogP contribution is -2.32. The first-order valence-corrected chi connectivity index (χ1v) is 12.3. The summed E-state index contributed by atoms with van der Waals surface area (Å²) in [7, 11) is 1.61. The third-order valence-electron chi connectivity index (χ3n) is 6.91. The Bertz CT molecular complexity index is 1310. The van der Waals surface area contributed by atoms with Crippen molar-refractivity contribution in [3.05, 3.63) is 108 Å². The van der Waals surface area contributed by atoms with Crippen molar-refractivity contribution in [3.63, 3.8) is 0 Å². The van der Waals surface area contributed by atoms with Gasteiger partial charge in [-0.25, -0.2) is 0 Å². The number of ether oxygens (including phenoxy) is 1. The van der Waals surface area contributed by atoms with E-state index in [0.717, 1.165) is 42.7 Å². The molecule has 1 fully saturated rings. The first kappa shape index (κ1) is 23.5. The number of anilines is 2. The first-order chi connectivity index (χ1) is 17.6. The molecule has 0 radical (unpaired) electrons. The zero-order valence-electron chi connectivity index (χ0n) is 20.4. The predicted molar refractivity (Wildman–Crippen MR) is 145 cm³/mol. The molecule has 4 aromatic rings. The average molecular weight is 479 g/mol. The van der Waals surface area contributed by atoms with Crippen molar-refractivity contribution in [1.82, 2.24) is 0 Å². The summed E-state index contributed by atoms with van der Waals surface area (Å²) in [5.74, 6) is 1.26. The number of benzene rings is 4. The molecule has 0 bridgehead atoms. The van der Waals surface area contributed by atoms with E-state index in [-0.39, 0.29) is 11.7 Å². The van der Waals surface area contributed by atoms with Gasteiger partial charge in [0.2, 0.25) is 0 Å². The molecule has 1 aliphatic rings. The van der Waals surface area contributed by atoms with E-state index in [4.69, 9.17) is 4.74 Å². The second-order valence-electron chi connectivity index (χ2n) is 9.13. The van der Waals surface area contributed by atoms with Crippen LogP contribution >= 0.6 is 0 Å². The lowest BCUT2D eigenvalue weighted by molar-refractivity contribution is 0.102. The van der Waals surface area contributed by atoms with Crippen molar-refractivity contribution in [3.8, 4) is 22.6 Å². The highest BCUT2D eigenvalue weighted by Crippen LogP contribution is 2.34. The average Bonchev–Trinajstić information content (AvgIpc) is 2.94. The molecule has 4 aromatic carbocycles. The number of phenols is 1. The number of phenolic OH excluding ortho intramolecular Hbond substituents is 1. The van der Waals surface area contributed by atoms with Crippen molar-refractivity contribution < 1.29 is 14.6 Å². The molecule has 0 unspecified atom stereocenters. The molecule has 1 amide bonds. The van der Waals surface area contributed by atoms with Crippen molar-refractivity contribution in [2.45, 2.75) is 18.8 Å². The fraction of sp³-hybridized carbons (Fsp3) is 0.194. The number of carbonyl (C=O) groups excluding carboxylic acids is 1. The maximum Gasteiger partial charge on any atom is 0.255 e. The normalized spacial score (nSPS) is 13.9. The Balaban J connectivity index is 1.28. The van der Waals surface area contributed by atoms with Crippen LogP contribution in [0.15, 0.2) is 97.1 Å². The molecule has 2 N–H and O–H groups in total. The Morgan fingerprint density at radius 1 is 0.861 bits per heavy atom. The Morgan fingerprint density at radius 3 is 2.14 bits per heavy atom. The maximum atomic E-state index is 13.0. The fourth-order valence-electron chi connectivity index (χ4n) is 4.85. The van der Waals surface area contributed by atoms with Gasteiger partial charge in [0.1, 0.15) is 11.5 Å². The second-order valence-corrected chi connectivity index (χ2v) is 9.13. The molecule has 5 heteroatoms. The molecule has 0 saturated carbocycles. The quantitative estimate of drug-likeness (QED) is 0.324. The lowest BCUT2D eigenvalue weighted by Gasteiger charge is -2.34. The molecule has 5 rings (SSSR count). The van der Waals surface area contributed by atoms with Gasteiger partial charge in [-0.3, -0.25) is 4.79 Å². The molecule has 0 atom stereocenters. The maximum absolute atomic E-state index is 13.0. The van der Waals surface area contributed by atoms with Crippen LogP contribution in [0.25, 0.3) is 11.1 Å². The largest absolute Gasteiger partial charge is 0.508 e. The van der Waals surface area contributed by atoms with Crippen LogP contribution in [-0.4, -0.2) is 31.2 Å². The van der Waals surface area contributed by atoms with E-state index in [0.29, 0.717) is 22.9 Å². The SMILES string of the molecule is COc1ccc(N2CCC(c3ccccc3)CC2)cc1NC(=O)c1ccc(-c2ccc(O)cc2)cc1. The Kier molecular flexibility index (Phi) is 6.89. The summed E-state index contributed by atoms with van der Waals surface area (Å²) in [6.07, 6.45) is 2.20. The van der Waals surface area contributed by atoms with Crippen LogP contribution in [0.4, 0.5) is 11.4 Å². The van der Waals surface area contributed by atoms with Gasteiger partial charge >= 0.3 is 0 Å². The highest BCUT2D eigenvalue weighted by Gasteiger charge is 2.22. The smallest absolute Gasteiger partial charge is 0.255 e. The van der Waals surface area contributed by atoms with Crippen molar-refractivity contribution in [2.75, 3.05) is 30.4 Å². The van der Waals surface area contributed by atoms with Crippen molar-refractivity contribution in [2.24, 2.45) is 0 Å². The van der Waals surface area contributed by atoms with E-state index >= 15 is 0 Å². The molecule has 0 aliphatic carbocycles. The number of aromatic hydroxyl groups is 1. The summed E-state index contributed by atoms with van der Waals surface area (Å²) >= 11 is 0. The third kappa shape index (κ3) is 5.20. The number of rotatable bonds is 6. The monoisotopic (exact) mass is 478 g/mol. The van der Waals surface area contributed by atoms with Crippen LogP contribution < -0.4 is 15.0 Å². The minimum Gasteiger partial charge on any atom is -0.508 e. The van der Waals surface area contributed by atoms with Crippen LogP contribution in [0.5, 0.6) is 11.5 Å². The molecule has 182 valence electrons. The molecule has 0 aromatic heterocycles. The van der Waals surface area contributed by atoms with Gasteiger partial charge in [0.15, 0.2) is 0 Å². The van der Waals surface area contributed by atoms with Crippen molar-refractivity contribution in [1.29, 1.82) is 0 Å². The van der Waals surface area contributed by atoms with Crippen LogP contribution in [0.1, 0.15) is 34.7 Å². The predicted octanol–water partition coefficient (Wildman–Crippen LogP) is 6.70. The molecular formula is C31H30N2O3. The topological polar surface area (TPSA) is 61.8 Å². The molecule has 5 nitrogen and oxygen atoms in total. The molecule has 0 spiro atoms. The Labute approximate surface area is 212 Å². The van der Waals surface area contributed by atoms with Crippen LogP contribution in [-0.2, 0) is 0 Å². The number of hydrogen-bond donors (Lipinski definition) is 2. The molecule has 1 heterocycles. The van der Waals surface area contributed by atoms with Gasteiger partial charge in [-0.15, -0.1) is 0 Å². The minimum atomic E-state index is -0.189. The molecule has 1 saturated heterocycles. The summed E-state index contributed by atoms with van der Waals surface area (Å²) in [4.78, 5) is 15.4. The zero-order chi connectivity index (χ0) is 24.9. The summed E-state index contributed by atoms with van der Waals surface area (Å²) in [6, 6.07) is 31.2. The summed E-state index contributed by atoms with van der Waals surface area (Å²) in [5.41, 5.74) is 5.67. The summed E-state index contributed by atoms with van der Waals surface area (Å²) in [5, 5.41) is 12.5. The molecule has 36 heavy (non-hydrogen) atoms. The Morgan fingerprint density at radius 2 is 1.50 bits per heavy atom.